The number of carbonyl (C=O) groups excluding carboxylic acids is 4. The van der Waals surface area contributed by atoms with E-state index in [2.05, 4.69) is 31.4 Å². The van der Waals surface area contributed by atoms with Crippen molar-refractivity contribution in [3.63, 3.8) is 0 Å². The Morgan fingerprint density at radius 1 is 0.579 bits per heavy atom. The molecule has 2 saturated heterocycles. The lowest BCUT2D eigenvalue weighted by Gasteiger charge is -2.38. The summed E-state index contributed by atoms with van der Waals surface area (Å²) in [5, 5.41) is 2.20. The first-order valence-electron chi connectivity index (χ1n) is 18.9. The van der Waals surface area contributed by atoms with Crippen molar-refractivity contribution in [3.8, 4) is 0 Å². The zero-order chi connectivity index (χ0) is 40.6. The minimum absolute atomic E-state index is 0.154. The Morgan fingerprint density at radius 2 is 0.947 bits per heavy atom. The molecule has 0 unspecified atom stereocenters. The standard InChI is InChI=1S/C21H21FN2O2.C14H20FNO3S.C8H5NO2/c22-21(10-12-23(13-11-21)14-16-6-2-1-3-7-16)15-24-19(25)17-8-4-5-9-18(17)20(24)26;1-20(17,18)19-12-14(15)7-9-16(10-8-14)11-13-5-3-2-4-6-13;10-7-5-3-1-2-4-6(5)8(11)9-7/h1-9H,10-15H2;2-6H,7-12H2,1H3;1-4H,(H,9,10,11). The van der Waals surface area contributed by atoms with Gasteiger partial charge in [0, 0.05) is 39.3 Å². The van der Waals surface area contributed by atoms with Gasteiger partial charge >= 0.3 is 0 Å². The summed E-state index contributed by atoms with van der Waals surface area (Å²) in [7, 11) is -3.58. The summed E-state index contributed by atoms with van der Waals surface area (Å²) in [4.78, 5) is 52.3. The minimum Gasteiger partial charge on any atom is -0.299 e. The molecule has 300 valence electrons. The van der Waals surface area contributed by atoms with Crippen molar-refractivity contribution < 1.29 is 40.6 Å². The van der Waals surface area contributed by atoms with Gasteiger partial charge in [0.25, 0.3) is 33.7 Å². The predicted octanol–water partition coefficient (Wildman–Crippen LogP) is 5.82. The van der Waals surface area contributed by atoms with E-state index in [4.69, 9.17) is 0 Å². The maximum atomic E-state index is 15.3. The van der Waals surface area contributed by atoms with E-state index in [1.165, 1.54) is 11.1 Å². The second-order valence-electron chi connectivity index (χ2n) is 14.9. The van der Waals surface area contributed by atoms with Crippen LogP contribution in [0.3, 0.4) is 0 Å². The molecule has 2 fully saturated rings. The van der Waals surface area contributed by atoms with Gasteiger partial charge in [0.15, 0.2) is 0 Å². The van der Waals surface area contributed by atoms with E-state index in [-0.39, 0.29) is 36.8 Å². The normalized spacial score (nSPS) is 18.8. The van der Waals surface area contributed by atoms with E-state index < -0.39 is 21.5 Å². The lowest BCUT2D eigenvalue weighted by atomic mass is 9.92. The molecule has 57 heavy (non-hydrogen) atoms. The first-order chi connectivity index (χ1) is 27.2. The third-order valence-electron chi connectivity index (χ3n) is 10.5. The Hall–Kier alpha value is -5.15. The van der Waals surface area contributed by atoms with E-state index in [0.29, 0.717) is 74.1 Å². The molecule has 0 aromatic heterocycles. The van der Waals surface area contributed by atoms with Crippen molar-refractivity contribution in [3.05, 3.63) is 143 Å². The van der Waals surface area contributed by atoms with Gasteiger partial charge in [0.05, 0.1) is 35.1 Å². The minimum atomic E-state index is -3.58. The molecule has 4 aromatic carbocycles. The van der Waals surface area contributed by atoms with Crippen LogP contribution in [0.4, 0.5) is 8.78 Å². The van der Waals surface area contributed by atoms with Gasteiger partial charge in [-0.05, 0) is 61.1 Å². The number of hydrogen-bond donors (Lipinski definition) is 1. The molecule has 0 atom stereocenters. The molecule has 1 N–H and O–H groups in total. The van der Waals surface area contributed by atoms with Gasteiger partial charge in [-0.3, -0.25) is 43.4 Å². The molecule has 4 aliphatic heterocycles. The highest BCUT2D eigenvalue weighted by Gasteiger charge is 2.43. The third kappa shape index (κ3) is 11.0. The summed E-state index contributed by atoms with van der Waals surface area (Å²) in [6.45, 7) is 3.53. The topological polar surface area (TPSA) is 133 Å². The monoisotopic (exact) mass is 800 g/mol. The summed E-state index contributed by atoms with van der Waals surface area (Å²) >= 11 is 0. The molecule has 8 rings (SSSR count). The fourth-order valence-electron chi connectivity index (χ4n) is 7.21. The Bertz CT molecular complexity index is 2110. The van der Waals surface area contributed by atoms with Crippen LogP contribution >= 0.6 is 0 Å². The summed E-state index contributed by atoms with van der Waals surface area (Å²) in [5.74, 6) is -1.36. The molecule has 0 bridgehead atoms. The molecule has 14 heteroatoms. The Kier molecular flexibility index (Phi) is 13.1. The Morgan fingerprint density at radius 3 is 1.35 bits per heavy atom. The molecule has 11 nitrogen and oxygen atoms in total. The van der Waals surface area contributed by atoms with Crippen LogP contribution in [0, 0.1) is 0 Å². The maximum absolute atomic E-state index is 15.3. The van der Waals surface area contributed by atoms with Crippen LogP contribution in [-0.4, -0.2) is 104 Å². The number of nitrogens with one attached hydrogen (secondary N) is 1. The molecular formula is C43H46F2N4O7S. The highest BCUT2D eigenvalue weighted by Crippen LogP contribution is 2.32. The van der Waals surface area contributed by atoms with Crippen LogP contribution in [0.2, 0.25) is 0 Å². The van der Waals surface area contributed by atoms with E-state index >= 15 is 4.39 Å². The van der Waals surface area contributed by atoms with Crippen LogP contribution in [0.15, 0.2) is 109 Å². The molecule has 0 saturated carbocycles. The maximum Gasteiger partial charge on any atom is 0.264 e. The van der Waals surface area contributed by atoms with Gasteiger partial charge in [-0.15, -0.1) is 0 Å². The zero-order valence-electron chi connectivity index (χ0n) is 31.7. The lowest BCUT2D eigenvalue weighted by molar-refractivity contribution is 0.0174. The van der Waals surface area contributed by atoms with Crippen LogP contribution in [0.5, 0.6) is 0 Å². The van der Waals surface area contributed by atoms with Gasteiger partial charge in [-0.2, -0.15) is 8.42 Å². The van der Waals surface area contributed by atoms with Crippen LogP contribution < -0.4 is 5.32 Å². The number of carbonyl (C=O) groups is 4. The van der Waals surface area contributed by atoms with E-state index in [0.717, 1.165) is 24.2 Å². The smallest absolute Gasteiger partial charge is 0.264 e. The van der Waals surface area contributed by atoms with Crippen molar-refractivity contribution in [2.45, 2.75) is 50.1 Å². The SMILES string of the molecule is CS(=O)(=O)OCC1(F)CCN(Cc2ccccc2)CC1.O=C1NC(=O)c2ccccc21.O=C1c2ccccc2C(=O)N1CC1(F)CCN(Cc2ccccc2)CC1. The molecule has 4 heterocycles. The molecule has 4 aromatic rings. The molecule has 4 amide bonds. The number of halogens is 2. The first-order valence-corrected chi connectivity index (χ1v) is 20.7. The zero-order valence-corrected chi connectivity index (χ0v) is 32.6. The Balaban J connectivity index is 0.000000156. The number of likely N-dealkylation sites (tertiary alicyclic amines) is 2. The van der Waals surface area contributed by atoms with Gasteiger partial charge in [-0.1, -0.05) is 84.9 Å². The van der Waals surface area contributed by atoms with Gasteiger partial charge in [-0.25, -0.2) is 8.78 Å². The average Bonchev–Trinajstić information content (AvgIpc) is 3.63. The number of nitrogens with zero attached hydrogens (tertiary/aromatic N) is 3. The van der Waals surface area contributed by atoms with Crippen LogP contribution in [0.1, 0.15) is 78.2 Å². The van der Waals surface area contributed by atoms with Crippen molar-refractivity contribution in [1.29, 1.82) is 0 Å². The van der Waals surface area contributed by atoms with E-state index in [1.807, 2.05) is 48.5 Å². The number of hydrogen-bond acceptors (Lipinski definition) is 9. The summed E-state index contributed by atoms with van der Waals surface area (Å²) in [5.41, 5.74) is 1.06. The molecule has 0 radical (unpaired) electrons. The number of benzene rings is 4. The van der Waals surface area contributed by atoms with Crippen LogP contribution in [-0.2, 0) is 27.4 Å². The van der Waals surface area contributed by atoms with Crippen molar-refractivity contribution >= 4 is 33.7 Å². The second-order valence-corrected chi connectivity index (χ2v) is 16.5. The summed E-state index contributed by atoms with van der Waals surface area (Å²) in [6, 6.07) is 33.6. The fraction of sp³-hybridized carbons (Fsp3) is 0.349. The number of rotatable bonds is 9. The van der Waals surface area contributed by atoms with E-state index in [1.54, 1.807) is 48.5 Å². The number of amides is 4. The molecule has 4 aliphatic rings. The highest BCUT2D eigenvalue weighted by molar-refractivity contribution is 7.86. The number of fused-ring (bicyclic) bond motifs is 2. The van der Waals surface area contributed by atoms with Crippen LogP contribution in [0.25, 0.3) is 0 Å². The lowest BCUT2D eigenvalue weighted by Crippen LogP contribution is -2.49. The van der Waals surface area contributed by atoms with E-state index in [9.17, 15) is 32.0 Å². The number of alkyl halides is 2. The molecular weight excluding hydrogens is 755 g/mol. The van der Waals surface area contributed by atoms with Gasteiger partial charge < -0.3 is 0 Å². The van der Waals surface area contributed by atoms with Crippen molar-refractivity contribution in [1.82, 2.24) is 20.0 Å². The first kappa shape index (κ1) is 41.5. The molecule has 0 spiro atoms. The summed E-state index contributed by atoms with van der Waals surface area (Å²) < 4.78 is 56.2. The fourth-order valence-corrected chi connectivity index (χ4v) is 7.63. The Labute approximate surface area is 331 Å². The third-order valence-corrected chi connectivity index (χ3v) is 11.0. The van der Waals surface area contributed by atoms with Crippen molar-refractivity contribution in [2.75, 3.05) is 45.6 Å². The quantitative estimate of drug-likeness (QED) is 0.164. The molecule has 0 aliphatic carbocycles. The summed E-state index contributed by atoms with van der Waals surface area (Å²) in [6.07, 6.45) is 2.20. The van der Waals surface area contributed by atoms with Gasteiger partial charge in [0.1, 0.15) is 17.9 Å². The van der Waals surface area contributed by atoms with Crippen molar-refractivity contribution in [2.24, 2.45) is 0 Å². The second kappa shape index (κ2) is 18.0. The average molecular weight is 801 g/mol. The predicted molar refractivity (Wildman–Crippen MR) is 210 cm³/mol. The van der Waals surface area contributed by atoms with Gasteiger partial charge in [0.2, 0.25) is 0 Å². The highest BCUT2D eigenvalue weighted by atomic mass is 32.2. The number of imide groups is 2. The number of piperidine rings is 2. The largest absolute Gasteiger partial charge is 0.299 e.